The zero-order valence-electron chi connectivity index (χ0n) is 10.4. The molecule has 2 amide bonds. The number of aromatic nitrogens is 1. The summed E-state index contributed by atoms with van der Waals surface area (Å²) in [6, 6.07) is 2.07. The highest BCUT2D eigenvalue weighted by Gasteiger charge is 2.36. The third kappa shape index (κ3) is 2.37. The average Bonchev–Trinajstić information content (AvgIpc) is 2.57. The third-order valence-corrected chi connectivity index (χ3v) is 2.96. The predicted molar refractivity (Wildman–Crippen MR) is 65.4 cm³/mol. The van der Waals surface area contributed by atoms with Crippen LogP contribution >= 0.6 is 0 Å². The molecule has 1 aromatic rings. The summed E-state index contributed by atoms with van der Waals surface area (Å²) in [5.74, 6) is -0.256. The molecule has 8 nitrogen and oxygen atoms in total. The number of nitrogens with one attached hydrogen (secondary N) is 1. The molecule has 1 unspecified atom stereocenters. The van der Waals surface area contributed by atoms with E-state index in [2.05, 4.69) is 10.3 Å². The minimum absolute atomic E-state index is 0.0625. The van der Waals surface area contributed by atoms with Gasteiger partial charge in [0.1, 0.15) is 17.6 Å². The van der Waals surface area contributed by atoms with Gasteiger partial charge in [0.2, 0.25) is 5.91 Å². The Hall–Kier alpha value is -2.51. The zero-order valence-corrected chi connectivity index (χ0v) is 10.4. The molecular formula is C11H12N4O4. The van der Waals surface area contributed by atoms with Gasteiger partial charge < -0.3 is 5.32 Å². The molecule has 8 heteroatoms. The number of hydrogen-bond donors (Lipinski definition) is 1. The Balaban J connectivity index is 2.17. The van der Waals surface area contributed by atoms with Crippen LogP contribution in [-0.2, 0) is 9.59 Å². The zero-order chi connectivity index (χ0) is 14.2. The van der Waals surface area contributed by atoms with Crippen LogP contribution in [0.3, 0.4) is 0 Å². The summed E-state index contributed by atoms with van der Waals surface area (Å²) in [5.41, 5.74) is 0.164. The van der Waals surface area contributed by atoms with Crippen LogP contribution < -0.4 is 5.32 Å². The monoisotopic (exact) mass is 264 g/mol. The van der Waals surface area contributed by atoms with Crippen molar-refractivity contribution in [2.75, 3.05) is 12.4 Å². The van der Waals surface area contributed by atoms with Crippen LogP contribution in [0, 0.1) is 17.0 Å². The van der Waals surface area contributed by atoms with E-state index in [9.17, 15) is 19.7 Å². The van der Waals surface area contributed by atoms with Crippen molar-refractivity contribution >= 4 is 23.3 Å². The van der Waals surface area contributed by atoms with Crippen LogP contribution in [0.1, 0.15) is 12.1 Å². The second kappa shape index (κ2) is 4.63. The maximum absolute atomic E-state index is 11.7. The fourth-order valence-corrected chi connectivity index (χ4v) is 1.87. The molecule has 0 aromatic carbocycles. The lowest BCUT2D eigenvalue weighted by molar-refractivity contribution is -0.385. The highest BCUT2D eigenvalue weighted by atomic mass is 16.6. The van der Waals surface area contributed by atoms with Crippen molar-refractivity contribution in [2.45, 2.75) is 19.4 Å². The molecule has 0 radical (unpaired) electrons. The Morgan fingerprint density at radius 2 is 2.16 bits per heavy atom. The number of likely N-dealkylation sites (tertiary alicyclic amines) is 1. The fourth-order valence-electron chi connectivity index (χ4n) is 1.87. The van der Waals surface area contributed by atoms with Gasteiger partial charge in [-0.15, -0.1) is 0 Å². The molecule has 1 atom stereocenters. The molecule has 1 aliphatic rings. The van der Waals surface area contributed by atoms with Crippen LogP contribution in [0.5, 0.6) is 0 Å². The molecule has 2 heterocycles. The van der Waals surface area contributed by atoms with Crippen LogP contribution in [0.4, 0.5) is 11.5 Å². The van der Waals surface area contributed by atoms with Crippen molar-refractivity contribution in [3.63, 3.8) is 0 Å². The summed E-state index contributed by atoms with van der Waals surface area (Å²) in [7, 11) is 1.42. The number of nitro groups is 1. The Kier molecular flexibility index (Phi) is 3.16. The number of likely N-dealkylation sites (N-methyl/N-ethyl adjacent to an activating group) is 1. The Bertz CT molecular complexity index is 572. The number of nitrogens with zero attached hydrogens (tertiary/aromatic N) is 3. The van der Waals surface area contributed by atoms with Gasteiger partial charge in [-0.1, -0.05) is 0 Å². The van der Waals surface area contributed by atoms with Gasteiger partial charge in [0.25, 0.3) is 11.6 Å². The molecule has 0 saturated carbocycles. The molecule has 1 aliphatic heterocycles. The van der Waals surface area contributed by atoms with Crippen LogP contribution in [0.2, 0.25) is 0 Å². The quantitative estimate of drug-likeness (QED) is 0.483. The standard InChI is InChI=1S/C11H12N4O4/c1-6-8(15(18)19)3-4-9(12-6)13-7-5-10(16)14(2)11(7)17/h3-4,7H,5H2,1-2H3,(H,12,13). The number of pyridine rings is 1. The molecule has 100 valence electrons. The van der Waals surface area contributed by atoms with Crippen LogP contribution in [0.15, 0.2) is 12.1 Å². The van der Waals surface area contributed by atoms with Gasteiger partial charge in [-0.05, 0) is 13.0 Å². The lowest BCUT2D eigenvalue weighted by Gasteiger charge is -2.11. The molecule has 1 aromatic heterocycles. The van der Waals surface area contributed by atoms with Crippen LogP contribution in [-0.4, -0.2) is 39.7 Å². The molecule has 1 saturated heterocycles. The van der Waals surface area contributed by atoms with E-state index in [1.165, 1.54) is 26.1 Å². The Morgan fingerprint density at radius 1 is 1.47 bits per heavy atom. The lowest BCUT2D eigenvalue weighted by Crippen LogP contribution is -2.32. The first-order chi connectivity index (χ1) is 8.90. The van der Waals surface area contributed by atoms with E-state index < -0.39 is 11.0 Å². The summed E-state index contributed by atoms with van der Waals surface area (Å²) < 4.78 is 0. The van der Waals surface area contributed by atoms with Gasteiger partial charge in [-0.2, -0.15) is 0 Å². The second-order valence-electron chi connectivity index (χ2n) is 4.25. The SMILES string of the molecule is Cc1nc(NC2CC(=O)N(C)C2=O)ccc1[N+](=O)[O-]. The number of anilines is 1. The Morgan fingerprint density at radius 3 is 2.63 bits per heavy atom. The van der Waals surface area contributed by atoms with Crippen molar-refractivity contribution in [1.29, 1.82) is 0 Å². The highest BCUT2D eigenvalue weighted by Crippen LogP contribution is 2.20. The van der Waals surface area contributed by atoms with Crippen molar-refractivity contribution in [3.8, 4) is 0 Å². The number of carbonyl (C=O) groups excluding carboxylic acids is 2. The molecule has 0 bridgehead atoms. The minimum Gasteiger partial charge on any atom is -0.358 e. The molecule has 1 N–H and O–H groups in total. The molecule has 0 aliphatic carbocycles. The first-order valence-corrected chi connectivity index (χ1v) is 5.59. The smallest absolute Gasteiger partial charge is 0.290 e. The van der Waals surface area contributed by atoms with E-state index in [1.54, 1.807) is 0 Å². The van der Waals surface area contributed by atoms with E-state index in [-0.39, 0.29) is 29.6 Å². The van der Waals surface area contributed by atoms with Gasteiger partial charge in [0.15, 0.2) is 0 Å². The highest BCUT2D eigenvalue weighted by molar-refractivity contribution is 6.06. The first kappa shape index (κ1) is 12.9. The van der Waals surface area contributed by atoms with E-state index in [0.29, 0.717) is 5.82 Å². The lowest BCUT2D eigenvalue weighted by atomic mass is 10.2. The second-order valence-corrected chi connectivity index (χ2v) is 4.25. The molecule has 2 rings (SSSR count). The van der Waals surface area contributed by atoms with Gasteiger partial charge in [0.05, 0.1) is 11.3 Å². The first-order valence-electron chi connectivity index (χ1n) is 5.59. The number of imide groups is 1. The molecular weight excluding hydrogens is 252 g/mol. The summed E-state index contributed by atoms with van der Waals surface area (Å²) in [4.78, 5) is 38.2. The van der Waals surface area contributed by atoms with Gasteiger partial charge >= 0.3 is 0 Å². The third-order valence-electron chi connectivity index (χ3n) is 2.96. The van der Waals surface area contributed by atoms with E-state index in [1.807, 2.05) is 0 Å². The largest absolute Gasteiger partial charge is 0.358 e. The van der Waals surface area contributed by atoms with E-state index >= 15 is 0 Å². The van der Waals surface area contributed by atoms with Gasteiger partial charge in [-0.3, -0.25) is 24.6 Å². The number of hydrogen-bond acceptors (Lipinski definition) is 6. The normalized spacial score (nSPS) is 18.8. The molecule has 0 spiro atoms. The van der Waals surface area contributed by atoms with Gasteiger partial charge in [-0.25, -0.2) is 4.98 Å². The summed E-state index contributed by atoms with van der Waals surface area (Å²) in [5, 5.41) is 13.5. The summed E-state index contributed by atoms with van der Waals surface area (Å²) >= 11 is 0. The number of amides is 2. The van der Waals surface area contributed by atoms with Gasteiger partial charge in [0, 0.05) is 13.1 Å². The van der Waals surface area contributed by atoms with E-state index in [0.717, 1.165) is 4.90 Å². The maximum Gasteiger partial charge on any atom is 0.290 e. The number of aryl methyl sites for hydroxylation is 1. The van der Waals surface area contributed by atoms with Crippen molar-refractivity contribution in [1.82, 2.24) is 9.88 Å². The van der Waals surface area contributed by atoms with Crippen molar-refractivity contribution < 1.29 is 14.5 Å². The Labute approximate surface area is 108 Å². The summed E-state index contributed by atoms with van der Waals surface area (Å²) in [6.07, 6.45) is 0.0625. The minimum atomic E-state index is -0.661. The van der Waals surface area contributed by atoms with Crippen molar-refractivity contribution in [2.24, 2.45) is 0 Å². The topological polar surface area (TPSA) is 105 Å². The maximum atomic E-state index is 11.7. The number of carbonyl (C=O) groups is 2. The van der Waals surface area contributed by atoms with E-state index in [4.69, 9.17) is 0 Å². The predicted octanol–water partition coefficient (Wildman–Crippen LogP) is 0.467. The summed E-state index contributed by atoms with van der Waals surface area (Å²) in [6.45, 7) is 1.51. The molecule has 19 heavy (non-hydrogen) atoms. The van der Waals surface area contributed by atoms with Crippen LogP contribution in [0.25, 0.3) is 0 Å². The average molecular weight is 264 g/mol. The fraction of sp³-hybridized carbons (Fsp3) is 0.364. The molecule has 1 fully saturated rings. The van der Waals surface area contributed by atoms with Crippen molar-refractivity contribution in [3.05, 3.63) is 27.9 Å². The number of rotatable bonds is 3.